The summed E-state index contributed by atoms with van der Waals surface area (Å²) in [6, 6.07) is 3.41. The van der Waals surface area contributed by atoms with Crippen LogP contribution in [0.25, 0.3) is 0 Å². The zero-order chi connectivity index (χ0) is 29.3. The molecule has 0 heterocycles. The van der Waals surface area contributed by atoms with E-state index >= 15 is 0 Å². The fourth-order valence-corrected chi connectivity index (χ4v) is 3.61. The van der Waals surface area contributed by atoms with Crippen molar-refractivity contribution in [2.75, 3.05) is 24.9 Å². The Morgan fingerprint density at radius 3 is 2.03 bits per heavy atom. The van der Waals surface area contributed by atoms with E-state index in [9.17, 15) is 49.1 Å². The van der Waals surface area contributed by atoms with Crippen molar-refractivity contribution in [3.8, 4) is 5.75 Å². The van der Waals surface area contributed by atoms with Gasteiger partial charge in [-0.3, -0.25) is 10.1 Å². The summed E-state index contributed by atoms with van der Waals surface area (Å²) < 4.78 is 131. The monoisotopic (exact) mass is 582 g/mol. The van der Waals surface area contributed by atoms with E-state index in [1.807, 2.05) is 5.32 Å². The molecule has 0 aliphatic heterocycles. The molecule has 0 aliphatic carbocycles. The molecule has 0 saturated heterocycles. The molecule has 3 N–H and O–H groups in total. The van der Waals surface area contributed by atoms with Crippen LogP contribution in [0.2, 0.25) is 5.02 Å². The van der Waals surface area contributed by atoms with E-state index in [1.165, 1.54) is 12.1 Å². The molecule has 2 amide bonds. The van der Waals surface area contributed by atoms with Gasteiger partial charge in [-0.25, -0.2) is 9.18 Å². The maximum Gasteiger partial charge on any atom is 0.457 e. The minimum Gasteiger partial charge on any atom is -0.494 e. The summed E-state index contributed by atoms with van der Waals surface area (Å²) in [4.78, 5) is 23.8. The summed E-state index contributed by atoms with van der Waals surface area (Å²) in [6.45, 7) is -0.827. The van der Waals surface area contributed by atoms with Crippen LogP contribution in [0.4, 0.5) is 55.7 Å². The van der Waals surface area contributed by atoms with Crippen molar-refractivity contribution in [2.45, 2.75) is 30.6 Å². The third-order valence-corrected chi connectivity index (χ3v) is 5.29. The Morgan fingerprint density at radius 1 is 0.947 bits per heavy atom. The van der Waals surface area contributed by atoms with E-state index in [0.29, 0.717) is 0 Å². The summed E-state index contributed by atoms with van der Waals surface area (Å²) in [6.07, 6.45) is -15.3. The van der Waals surface area contributed by atoms with Crippen LogP contribution < -0.4 is 15.4 Å². The molecule has 0 saturated carbocycles. The van der Waals surface area contributed by atoms with Crippen LogP contribution in [-0.2, 0) is 17.0 Å². The topological polar surface area (TPSA) is 96.9 Å². The molecular weight excluding hydrogens is 567 g/mol. The second kappa shape index (κ2) is 10.8. The summed E-state index contributed by atoms with van der Waals surface area (Å²) in [7, 11) is 2.02. The number of rotatable bonds is 8. The first-order valence-electron chi connectivity index (χ1n) is 9.83. The third-order valence-electron chi connectivity index (χ3n) is 4.99. The molecule has 0 spiro atoms. The zero-order valence-corrected chi connectivity index (χ0v) is 19.7. The molecule has 0 aliphatic rings. The van der Waals surface area contributed by atoms with Gasteiger partial charge >= 0.3 is 30.0 Å². The molecule has 17 heteroatoms. The van der Waals surface area contributed by atoms with Gasteiger partial charge in [0.15, 0.2) is 5.75 Å². The molecular formula is C21H16ClF9N2O5. The van der Waals surface area contributed by atoms with Crippen LogP contribution in [0.1, 0.15) is 21.5 Å². The summed E-state index contributed by atoms with van der Waals surface area (Å²) in [5.41, 5.74) is -10.4. The van der Waals surface area contributed by atoms with E-state index in [1.54, 1.807) is 0 Å². The Hall–Kier alpha value is -3.40. The number of hydrogen-bond acceptors (Lipinski definition) is 4. The summed E-state index contributed by atoms with van der Waals surface area (Å²) >= 11 is 5.84. The quantitative estimate of drug-likeness (QED) is 0.299. The Labute approximate surface area is 212 Å². The number of carboxylic acid groups (broad SMARTS) is 1. The van der Waals surface area contributed by atoms with Crippen molar-refractivity contribution in [3.05, 3.63) is 52.0 Å². The second-order valence-electron chi connectivity index (χ2n) is 7.42. The first-order chi connectivity index (χ1) is 17.3. The van der Waals surface area contributed by atoms with Gasteiger partial charge in [0.1, 0.15) is 0 Å². The lowest BCUT2D eigenvalue weighted by atomic mass is 9.86. The van der Waals surface area contributed by atoms with E-state index in [4.69, 9.17) is 26.2 Å². The van der Waals surface area contributed by atoms with Crippen molar-refractivity contribution in [1.29, 1.82) is 0 Å². The predicted molar refractivity (Wildman–Crippen MR) is 115 cm³/mol. The van der Waals surface area contributed by atoms with Crippen LogP contribution in [0, 0.1) is 0 Å². The Bertz CT molecular complexity index is 1220. The van der Waals surface area contributed by atoms with Crippen LogP contribution >= 0.6 is 11.6 Å². The van der Waals surface area contributed by atoms with Crippen molar-refractivity contribution in [1.82, 2.24) is 0 Å². The average Bonchev–Trinajstić information content (AvgIpc) is 2.78. The highest BCUT2D eigenvalue weighted by Gasteiger charge is 2.81. The van der Waals surface area contributed by atoms with Gasteiger partial charge in [-0.15, -0.1) is 0 Å². The highest BCUT2D eigenvalue weighted by molar-refractivity contribution is 6.34. The van der Waals surface area contributed by atoms with Gasteiger partial charge < -0.3 is 19.9 Å². The van der Waals surface area contributed by atoms with E-state index in [-0.39, 0.29) is 29.1 Å². The van der Waals surface area contributed by atoms with Crippen LogP contribution in [0.5, 0.6) is 5.75 Å². The van der Waals surface area contributed by atoms with Crippen LogP contribution in [0.15, 0.2) is 30.3 Å². The van der Waals surface area contributed by atoms with Gasteiger partial charge in [0, 0.05) is 18.2 Å². The summed E-state index contributed by atoms with van der Waals surface area (Å²) in [5, 5.41) is 11.9. The van der Waals surface area contributed by atoms with Crippen molar-refractivity contribution >= 4 is 35.0 Å². The molecule has 0 fully saturated rings. The smallest absolute Gasteiger partial charge is 0.457 e. The molecule has 0 aromatic heterocycles. The number of carbonyl (C=O) groups excluding carboxylic acids is 1. The van der Waals surface area contributed by atoms with Gasteiger partial charge in [0.05, 0.1) is 35.7 Å². The fraction of sp³-hybridized carbons (Fsp3) is 0.333. The first-order valence-corrected chi connectivity index (χ1v) is 10.2. The molecule has 2 rings (SSSR count). The fourth-order valence-electron chi connectivity index (χ4n) is 3.32. The van der Waals surface area contributed by atoms with Crippen molar-refractivity contribution in [3.63, 3.8) is 0 Å². The van der Waals surface area contributed by atoms with Crippen molar-refractivity contribution < 1.29 is 63.7 Å². The lowest BCUT2D eigenvalue weighted by Gasteiger charge is -2.36. The highest BCUT2D eigenvalue weighted by Crippen LogP contribution is 2.58. The van der Waals surface area contributed by atoms with Crippen LogP contribution in [-0.4, -0.2) is 49.6 Å². The molecule has 7 nitrogen and oxygen atoms in total. The second-order valence-corrected chi connectivity index (χ2v) is 7.83. The van der Waals surface area contributed by atoms with Crippen LogP contribution in [0.3, 0.4) is 0 Å². The average molecular weight is 583 g/mol. The van der Waals surface area contributed by atoms with E-state index < -0.39 is 64.4 Å². The van der Waals surface area contributed by atoms with Gasteiger partial charge in [0.25, 0.3) is 5.91 Å². The number of nitrogens with one attached hydrogen (secondary N) is 2. The number of halogens is 10. The number of carbonyl (C=O) groups is 2. The number of amides is 2. The number of hydrogen-bond donors (Lipinski definition) is 3. The molecule has 2 aromatic carbocycles. The number of benzene rings is 2. The molecule has 2 aromatic rings. The number of anilines is 2. The van der Waals surface area contributed by atoms with Crippen molar-refractivity contribution in [2.24, 2.45) is 0 Å². The van der Waals surface area contributed by atoms with Gasteiger partial charge in [-0.2, -0.15) is 35.1 Å². The number of para-hydroxylation sites is 1. The Kier molecular flexibility index (Phi) is 8.73. The Morgan fingerprint density at radius 2 is 1.55 bits per heavy atom. The minimum atomic E-state index is -6.95. The lowest BCUT2D eigenvalue weighted by molar-refractivity contribution is -0.389. The first kappa shape index (κ1) is 30.8. The maximum atomic E-state index is 15.0. The van der Waals surface area contributed by atoms with Gasteiger partial charge in [-0.05, 0) is 24.3 Å². The standard InChI is InChI=1S/C21H16ClF9N2O5/c1-37-8-9-6-10(18(23,20(26,27)28)19(24,25)21(29,30)31)7-12(22)14(9)33-16(34)11-4-3-5-13(15(11)38-2)32-17(35)36/h3-7,32H,8H2,1-2H3,(H,33,34)(H,35,36). The molecule has 210 valence electrons. The number of alkyl halides is 9. The highest BCUT2D eigenvalue weighted by atomic mass is 35.5. The lowest BCUT2D eigenvalue weighted by Crippen LogP contribution is -2.59. The molecule has 0 bridgehead atoms. The largest absolute Gasteiger partial charge is 0.494 e. The number of ether oxygens (including phenoxy) is 2. The van der Waals surface area contributed by atoms with Gasteiger partial charge in [0.2, 0.25) is 0 Å². The molecule has 38 heavy (non-hydrogen) atoms. The molecule has 1 unspecified atom stereocenters. The third kappa shape index (κ3) is 5.55. The zero-order valence-electron chi connectivity index (χ0n) is 19.0. The summed E-state index contributed by atoms with van der Waals surface area (Å²) in [5.74, 6) is -8.40. The maximum absolute atomic E-state index is 15.0. The van der Waals surface area contributed by atoms with E-state index in [2.05, 4.69) is 5.32 Å². The minimum absolute atomic E-state index is 0.00221. The molecule has 1 atom stereocenters. The predicted octanol–water partition coefficient (Wildman–Crippen LogP) is 6.76. The molecule has 0 radical (unpaired) electrons. The van der Waals surface area contributed by atoms with Gasteiger partial charge in [-0.1, -0.05) is 17.7 Å². The SMILES string of the molecule is COCc1cc(C(F)(C(F)(F)F)C(F)(F)C(F)(F)F)cc(Cl)c1NC(=O)c1cccc(NC(=O)O)c1OC. The van der Waals surface area contributed by atoms with E-state index in [0.717, 1.165) is 20.3 Å². The number of methoxy groups -OCH3 is 2. The Balaban J connectivity index is 2.69. The normalized spacial score (nSPS) is 14.0.